The van der Waals surface area contributed by atoms with E-state index in [1.54, 1.807) is 17.0 Å². The van der Waals surface area contributed by atoms with Crippen LogP contribution in [0.1, 0.15) is 25.3 Å². The molecular weight excluding hydrogens is 359 g/mol. The van der Waals surface area contributed by atoms with E-state index >= 15 is 0 Å². The Hall–Kier alpha value is -1.96. The van der Waals surface area contributed by atoms with Crippen molar-refractivity contribution in [2.24, 2.45) is 11.8 Å². The van der Waals surface area contributed by atoms with Crippen molar-refractivity contribution in [3.63, 3.8) is 0 Å². The van der Waals surface area contributed by atoms with Gasteiger partial charge in [-0.15, -0.1) is 0 Å². The van der Waals surface area contributed by atoms with Gasteiger partial charge < -0.3 is 10.2 Å². The lowest BCUT2D eigenvalue weighted by atomic mass is 10.1. The summed E-state index contributed by atoms with van der Waals surface area (Å²) >= 11 is 0. The van der Waals surface area contributed by atoms with E-state index in [9.17, 15) is 22.4 Å². The number of carbonyl (C=O) groups excluding carboxylic acids is 2. The summed E-state index contributed by atoms with van der Waals surface area (Å²) in [6.45, 7) is 2.56. The average Bonchev–Trinajstić information content (AvgIpc) is 3.33. The number of nitrogens with zero attached hydrogens (tertiary/aromatic N) is 1. The van der Waals surface area contributed by atoms with Gasteiger partial charge in [0.2, 0.25) is 11.8 Å². The molecule has 1 saturated heterocycles. The maximum absolute atomic E-state index is 12.9. The van der Waals surface area contributed by atoms with Crippen LogP contribution in [0.15, 0.2) is 24.3 Å². The summed E-state index contributed by atoms with van der Waals surface area (Å²) in [6, 6.07) is 5.59. The average molecular weight is 382 g/mol. The van der Waals surface area contributed by atoms with Crippen molar-refractivity contribution in [1.82, 2.24) is 10.2 Å². The minimum atomic E-state index is -3.06. The van der Waals surface area contributed by atoms with Crippen LogP contribution in [0.4, 0.5) is 4.39 Å². The third-order valence-electron chi connectivity index (χ3n) is 5.10. The predicted molar refractivity (Wildman–Crippen MR) is 94.3 cm³/mol. The molecule has 2 aliphatic rings. The van der Waals surface area contributed by atoms with E-state index in [1.165, 1.54) is 12.1 Å². The second-order valence-electron chi connectivity index (χ2n) is 6.97. The van der Waals surface area contributed by atoms with Crippen molar-refractivity contribution in [3.05, 3.63) is 35.6 Å². The number of halogens is 1. The quantitative estimate of drug-likeness (QED) is 0.799. The third-order valence-corrected chi connectivity index (χ3v) is 6.85. The predicted octanol–water partition coefficient (Wildman–Crippen LogP) is 1.11. The zero-order valence-electron chi connectivity index (χ0n) is 14.7. The molecule has 6 nitrogen and oxygen atoms in total. The van der Waals surface area contributed by atoms with Crippen LogP contribution in [0.5, 0.6) is 0 Å². The Morgan fingerprint density at radius 2 is 1.92 bits per heavy atom. The van der Waals surface area contributed by atoms with Crippen molar-refractivity contribution in [2.45, 2.75) is 32.4 Å². The molecule has 2 fully saturated rings. The lowest BCUT2D eigenvalue weighted by Gasteiger charge is -2.27. The second-order valence-corrected chi connectivity index (χ2v) is 9.20. The van der Waals surface area contributed by atoms with E-state index in [0.29, 0.717) is 19.4 Å². The molecule has 0 bridgehead atoms. The van der Waals surface area contributed by atoms with E-state index in [4.69, 9.17) is 0 Å². The molecule has 0 radical (unpaired) electrons. The van der Waals surface area contributed by atoms with E-state index in [1.807, 2.05) is 6.92 Å². The molecule has 2 amide bonds. The Balaban J connectivity index is 1.52. The molecule has 1 aliphatic carbocycles. The number of rotatable bonds is 6. The Kier molecular flexibility index (Phi) is 5.32. The summed E-state index contributed by atoms with van der Waals surface area (Å²) < 4.78 is 36.2. The molecule has 142 valence electrons. The SMILES string of the molecule is CCN(C(=O)C1CC1C(=O)NCc1ccc(F)cc1)C1CCS(=O)(=O)C1. The smallest absolute Gasteiger partial charge is 0.226 e. The van der Waals surface area contributed by atoms with Gasteiger partial charge in [0, 0.05) is 19.1 Å². The van der Waals surface area contributed by atoms with E-state index < -0.39 is 9.84 Å². The van der Waals surface area contributed by atoms with E-state index in [0.717, 1.165) is 5.56 Å². The van der Waals surface area contributed by atoms with Crippen LogP contribution in [0, 0.1) is 17.7 Å². The highest BCUT2D eigenvalue weighted by molar-refractivity contribution is 7.91. The first-order chi connectivity index (χ1) is 12.3. The number of nitrogens with one attached hydrogen (secondary N) is 1. The molecule has 3 rings (SSSR count). The van der Waals surface area contributed by atoms with Crippen LogP contribution >= 0.6 is 0 Å². The number of carbonyl (C=O) groups is 2. The van der Waals surface area contributed by atoms with Gasteiger partial charge in [0.05, 0.1) is 23.3 Å². The molecule has 3 atom stereocenters. The summed E-state index contributed by atoms with van der Waals surface area (Å²) in [5, 5.41) is 2.78. The van der Waals surface area contributed by atoms with Crippen molar-refractivity contribution in [3.8, 4) is 0 Å². The fourth-order valence-corrected chi connectivity index (χ4v) is 5.24. The van der Waals surface area contributed by atoms with Gasteiger partial charge >= 0.3 is 0 Å². The molecular formula is C18H23FN2O4S. The van der Waals surface area contributed by atoms with Gasteiger partial charge in [0.15, 0.2) is 9.84 Å². The van der Waals surface area contributed by atoms with Gasteiger partial charge in [0.25, 0.3) is 0 Å². The molecule has 0 spiro atoms. The lowest BCUT2D eigenvalue weighted by molar-refractivity contribution is -0.136. The highest BCUT2D eigenvalue weighted by Gasteiger charge is 2.50. The first-order valence-electron chi connectivity index (χ1n) is 8.84. The Labute approximate surface area is 152 Å². The fourth-order valence-electron chi connectivity index (χ4n) is 3.51. The topological polar surface area (TPSA) is 83.6 Å². The molecule has 1 saturated carbocycles. The number of hydrogen-bond acceptors (Lipinski definition) is 4. The molecule has 1 aliphatic heterocycles. The maximum Gasteiger partial charge on any atom is 0.226 e. The van der Waals surface area contributed by atoms with Crippen molar-refractivity contribution >= 4 is 21.7 Å². The number of amides is 2. The van der Waals surface area contributed by atoms with E-state index in [2.05, 4.69) is 5.32 Å². The summed E-state index contributed by atoms with van der Waals surface area (Å²) in [4.78, 5) is 26.5. The Morgan fingerprint density at radius 1 is 1.23 bits per heavy atom. The van der Waals surface area contributed by atoms with Crippen LogP contribution in [-0.2, 0) is 26.0 Å². The van der Waals surface area contributed by atoms with Gasteiger partial charge in [-0.2, -0.15) is 0 Å². The zero-order valence-corrected chi connectivity index (χ0v) is 15.5. The van der Waals surface area contributed by atoms with Crippen LogP contribution in [0.25, 0.3) is 0 Å². The van der Waals surface area contributed by atoms with Crippen LogP contribution in [-0.4, -0.2) is 49.2 Å². The summed E-state index contributed by atoms with van der Waals surface area (Å²) in [7, 11) is -3.06. The van der Waals surface area contributed by atoms with Crippen molar-refractivity contribution in [2.75, 3.05) is 18.1 Å². The molecule has 26 heavy (non-hydrogen) atoms. The largest absolute Gasteiger partial charge is 0.352 e. The first kappa shape index (κ1) is 18.8. The standard InChI is InChI=1S/C18H23FN2O4S/c1-2-21(14-7-8-26(24,25)11-14)18(23)16-9-15(16)17(22)20-10-12-3-5-13(19)6-4-12/h3-6,14-16H,2,7-11H2,1H3,(H,20,22). The molecule has 1 heterocycles. The normalized spacial score (nSPS) is 26.3. The summed E-state index contributed by atoms with van der Waals surface area (Å²) in [5.74, 6) is -1.25. The monoisotopic (exact) mass is 382 g/mol. The molecule has 1 aromatic carbocycles. The van der Waals surface area contributed by atoms with Crippen LogP contribution < -0.4 is 5.32 Å². The van der Waals surface area contributed by atoms with E-state index in [-0.39, 0.29) is 53.6 Å². The molecule has 0 aromatic heterocycles. The summed E-state index contributed by atoms with van der Waals surface area (Å²) in [6.07, 6.45) is 0.958. The third kappa shape index (κ3) is 4.23. The van der Waals surface area contributed by atoms with Crippen molar-refractivity contribution < 1.29 is 22.4 Å². The maximum atomic E-state index is 12.9. The molecule has 1 aromatic rings. The molecule has 1 N–H and O–H groups in total. The Morgan fingerprint density at radius 3 is 2.50 bits per heavy atom. The van der Waals surface area contributed by atoms with Gasteiger partial charge in [-0.05, 0) is 37.5 Å². The number of sulfone groups is 1. The molecule has 8 heteroatoms. The number of hydrogen-bond donors (Lipinski definition) is 1. The van der Waals surface area contributed by atoms with Gasteiger partial charge in [-0.1, -0.05) is 12.1 Å². The second kappa shape index (κ2) is 7.34. The highest BCUT2D eigenvalue weighted by atomic mass is 32.2. The zero-order chi connectivity index (χ0) is 18.9. The summed E-state index contributed by atoms with van der Waals surface area (Å²) in [5.41, 5.74) is 0.787. The minimum Gasteiger partial charge on any atom is -0.352 e. The van der Waals surface area contributed by atoms with Gasteiger partial charge in [-0.3, -0.25) is 9.59 Å². The van der Waals surface area contributed by atoms with Crippen LogP contribution in [0.2, 0.25) is 0 Å². The fraction of sp³-hybridized carbons (Fsp3) is 0.556. The lowest BCUT2D eigenvalue weighted by Crippen LogP contribution is -2.42. The van der Waals surface area contributed by atoms with Gasteiger partial charge in [0.1, 0.15) is 5.82 Å². The van der Waals surface area contributed by atoms with Crippen LogP contribution in [0.3, 0.4) is 0 Å². The van der Waals surface area contributed by atoms with Gasteiger partial charge in [-0.25, -0.2) is 12.8 Å². The van der Waals surface area contributed by atoms with Crippen molar-refractivity contribution in [1.29, 1.82) is 0 Å². The highest BCUT2D eigenvalue weighted by Crippen LogP contribution is 2.41. The number of benzene rings is 1. The molecule has 3 unspecified atom stereocenters. The Bertz CT molecular complexity index is 794. The minimum absolute atomic E-state index is 0.0146. The first-order valence-corrected chi connectivity index (χ1v) is 10.7.